The minimum Gasteiger partial charge on any atom is -0.354 e. The van der Waals surface area contributed by atoms with Gasteiger partial charge in [-0.3, -0.25) is 0 Å². The first kappa shape index (κ1) is 35.5. The molecule has 0 aliphatic carbocycles. The highest BCUT2D eigenvalue weighted by Crippen LogP contribution is 2.40. The summed E-state index contributed by atoms with van der Waals surface area (Å²) in [6, 6.07) is 48.3. The number of nitrogens with zero attached hydrogens (tertiary/aromatic N) is 5. The van der Waals surface area contributed by atoms with E-state index in [1.807, 2.05) is 121 Å². The number of halogens is 3. The Hall–Kier alpha value is -7.92. The normalized spacial score (nSPS) is 12.6. The van der Waals surface area contributed by atoms with Gasteiger partial charge in [0.2, 0.25) is 11.8 Å². The lowest BCUT2D eigenvalue weighted by molar-refractivity contribution is -0.144. The topological polar surface area (TPSA) is 111 Å². The Morgan fingerprint density at radius 3 is 1.32 bits per heavy atom. The molecule has 8 aromatic rings. The van der Waals surface area contributed by atoms with Crippen molar-refractivity contribution in [2.45, 2.75) is 6.18 Å². The summed E-state index contributed by atoms with van der Waals surface area (Å²) in [7, 11) is 0. The lowest BCUT2D eigenvalue weighted by Crippen LogP contribution is -2.07. The lowest BCUT2D eigenvalue weighted by atomic mass is 10.00. The summed E-state index contributed by atoms with van der Waals surface area (Å²) in [5.41, 5.74) is 13.7. The molecule has 8 nitrogen and oxygen atoms in total. The Balaban J connectivity index is 1.37. The molecule has 2 aliphatic heterocycles. The minimum absolute atomic E-state index is 0.290. The van der Waals surface area contributed by atoms with Gasteiger partial charge in [0.1, 0.15) is 0 Å². The van der Waals surface area contributed by atoms with Crippen molar-refractivity contribution in [3.05, 3.63) is 174 Å². The third kappa shape index (κ3) is 6.74. The Labute approximate surface area is 335 Å². The van der Waals surface area contributed by atoms with E-state index < -0.39 is 12.0 Å². The molecule has 3 N–H and O–H groups in total. The minimum atomic E-state index is -4.71. The molecule has 11 heteroatoms. The van der Waals surface area contributed by atoms with Gasteiger partial charge in [0.05, 0.1) is 22.8 Å². The second kappa shape index (κ2) is 14.5. The second-order valence-corrected chi connectivity index (χ2v) is 13.9. The van der Waals surface area contributed by atoms with Gasteiger partial charge in [-0.2, -0.15) is 13.2 Å². The van der Waals surface area contributed by atoms with E-state index in [2.05, 4.69) is 72.6 Å². The molecule has 0 atom stereocenters. The van der Waals surface area contributed by atoms with E-state index in [-0.39, 0.29) is 5.95 Å². The quantitative estimate of drug-likeness (QED) is 0.146. The zero-order chi connectivity index (χ0) is 39.9. The van der Waals surface area contributed by atoms with E-state index in [1.54, 1.807) is 0 Å². The van der Waals surface area contributed by atoms with Crippen LogP contribution in [0.2, 0.25) is 0 Å². The van der Waals surface area contributed by atoms with Gasteiger partial charge in [-0.1, -0.05) is 121 Å². The van der Waals surface area contributed by atoms with Crippen molar-refractivity contribution in [1.29, 1.82) is 0 Å². The van der Waals surface area contributed by atoms with E-state index in [0.29, 0.717) is 17.0 Å². The van der Waals surface area contributed by atoms with Crippen LogP contribution in [0.4, 0.5) is 19.1 Å². The highest BCUT2D eigenvalue weighted by Gasteiger charge is 2.35. The van der Waals surface area contributed by atoms with E-state index in [9.17, 15) is 13.2 Å². The van der Waals surface area contributed by atoms with Crippen LogP contribution in [0.3, 0.4) is 0 Å². The number of fused-ring (bicyclic) bond motifs is 8. The van der Waals surface area contributed by atoms with Crippen LogP contribution in [-0.4, -0.2) is 41.3 Å². The smallest absolute Gasteiger partial charge is 0.354 e. The Bertz CT molecular complexity index is 3120. The van der Waals surface area contributed by atoms with Crippen LogP contribution in [0, 0.1) is 0 Å². The summed E-state index contributed by atoms with van der Waals surface area (Å²) in [5, 5.41) is 6.94. The zero-order valence-corrected chi connectivity index (χ0v) is 31.0. The predicted molar refractivity (Wildman–Crippen MR) is 229 cm³/mol. The monoisotopic (exact) mass is 776 g/mol. The first-order valence-electron chi connectivity index (χ1n) is 18.8. The van der Waals surface area contributed by atoms with Gasteiger partial charge < -0.3 is 15.0 Å². The Morgan fingerprint density at radius 2 is 0.881 bits per heavy atom. The molecule has 0 spiro atoms. The van der Waals surface area contributed by atoms with Crippen molar-refractivity contribution >= 4 is 58.0 Å². The summed E-state index contributed by atoms with van der Waals surface area (Å²) in [4.78, 5) is 24.7. The molecule has 0 amide bonds. The van der Waals surface area contributed by atoms with Crippen LogP contribution in [0.15, 0.2) is 151 Å². The molecule has 2 aliphatic rings. The molecule has 10 rings (SSSR count). The first-order valence-corrected chi connectivity index (χ1v) is 18.8. The fraction of sp³-hybridized carbons (Fsp3) is 0.0208. The van der Waals surface area contributed by atoms with Crippen molar-refractivity contribution < 1.29 is 13.2 Å². The Kier molecular flexibility index (Phi) is 8.75. The van der Waals surface area contributed by atoms with Crippen molar-refractivity contribution in [1.82, 2.24) is 35.1 Å². The summed E-state index contributed by atoms with van der Waals surface area (Å²) < 4.78 is 40.5. The highest BCUT2D eigenvalue weighted by molar-refractivity contribution is 6.20. The maximum absolute atomic E-state index is 13.5. The van der Waals surface area contributed by atoms with E-state index in [0.717, 1.165) is 78.0 Å². The number of rotatable bonds is 6. The van der Waals surface area contributed by atoms with E-state index in [1.165, 1.54) is 6.21 Å². The average Bonchev–Trinajstić information content (AvgIpc) is 4.12. The summed E-state index contributed by atoms with van der Waals surface area (Å²) in [6.45, 7) is 0. The second-order valence-electron chi connectivity index (χ2n) is 13.9. The van der Waals surface area contributed by atoms with Crippen LogP contribution >= 0.6 is 0 Å². The number of hydrogen-bond acceptors (Lipinski definition) is 5. The maximum Gasteiger partial charge on any atom is 0.451 e. The van der Waals surface area contributed by atoms with Crippen LogP contribution in [0.25, 0.3) is 90.4 Å². The molecule has 4 aromatic heterocycles. The zero-order valence-electron chi connectivity index (χ0n) is 31.0. The third-order valence-corrected chi connectivity index (χ3v) is 10.2. The van der Waals surface area contributed by atoms with Gasteiger partial charge in [-0.25, -0.2) is 15.0 Å². The number of nitrogens with one attached hydrogen (secondary N) is 3. The Morgan fingerprint density at radius 1 is 0.458 bits per heavy atom. The summed E-state index contributed by atoms with van der Waals surface area (Å²) in [5.74, 6) is -1.52. The van der Waals surface area contributed by atoms with E-state index >= 15 is 0 Å². The molecule has 4 aromatic carbocycles. The number of alkyl halides is 3. The number of aliphatic imine (C=N–C) groups is 1. The maximum atomic E-state index is 13.5. The predicted octanol–water partition coefficient (Wildman–Crippen LogP) is 12.2. The summed E-state index contributed by atoms with van der Waals surface area (Å²) in [6.07, 6.45) is 2.80. The van der Waals surface area contributed by atoms with Gasteiger partial charge in [-0.05, 0) is 64.7 Å². The number of H-pyrrole nitrogens is 3. The van der Waals surface area contributed by atoms with Crippen molar-refractivity contribution in [3.63, 3.8) is 0 Å². The standard InChI is InChI=1S/C48H31F3N8/c49-48(50,51)46-57-47(59-58-46)52-28-33-27-40-43(31-17-9-3-10-18-31)38-24-23-36(54-38)41(29-13-5-1-6-14-29)34-21-22-35(53-34)42(30-15-7-2-8-16-30)37-25-26-39(55-37)44(45(33)56-40)32-19-11-4-12-20-32/h1-28,54-55H,(H,57,58,59)/b41-34?,41-36?,42-35?,42-37?,43-38?,43-40?,44-39?,45-44?,52-28+. The van der Waals surface area contributed by atoms with Crippen molar-refractivity contribution in [3.8, 4) is 44.5 Å². The van der Waals surface area contributed by atoms with Gasteiger partial charge in [0.15, 0.2) is 0 Å². The van der Waals surface area contributed by atoms with E-state index in [4.69, 9.17) is 9.97 Å². The average molecular weight is 777 g/mol. The van der Waals surface area contributed by atoms with Crippen molar-refractivity contribution in [2.75, 3.05) is 0 Å². The molecular weight excluding hydrogens is 746 g/mol. The molecule has 6 heterocycles. The SMILES string of the molecule is FC(F)(F)c1nnc(/N=C/C2=Cc3nc2c(-c2ccccc2)c2ccc([nH]2)c(-c2ccccc2)c2nc(c(-c4ccccc4)c4ccc([nH]4)c3-c3ccccc3)C=C2)[nH]1. The van der Waals surface area contributed by atoms with Crippen LogP contribution in [0.5, 0.6) is 0 Å². The molecule has 0 saturated carbocycles. The largest absolute Gasteiger partial charge is 0.451 e. The molecule has 0 saturated heterocycles. The lowest BCUT2D eigenvalue weighted by Gasteiger charge is -2.07. The fourth-order valence-corrected chi connectivity index (χ4v) is 7.61. The van der Waals surface area contributed by atoms with Gasteiger partial charge >= 0.3 is 6.18 Å². The number of benzene rings is 4. The van der Waals surface area contributed by atoms with Gasteiger partial charge in [-0.15, -0.1) is 10.2 Å². The number of allylic oxidation sites excluding steroid dienone is 1. The van der Waals surface area contributed by atoms with Crippen LogP contribution < -0.4 is 0 Å². The van der Waals surface area contributed by atoms with Crippen LogP contribution in [0.1, 0.15) is 28.6 Å². The number of aromatic amines is 3. The molecule has 8 bridgehead atoms. The fourth-order valence-electron chi connectivity index (χ4n) is 7.61. The van der Waals surface area contributed by atoms with Crippen molar-refractivity contribution in [2.24, 2.45) is 4.99 Å². The van der Waals surface area contributed by atoms with Gasteiger partial charge in [0, 0.05) is 56.1 Å². The number of aromatic nitrogens is 7. The molecule has 59 heavy (non-hydrogen) atoms. The van der Waals surface area contributed by atoms with Gasteiger partial charge in [0.25, 0.3) is 0 Å². The first-order chi connectivity index (χ1) is 28.9. The summed E-state index contributed by atoms with van der Waals surface area (Å²) >= 11 is 0. The number of hydrogen-bond donors (Lipinski definition) is 3. The van der Waals surface area contributed by atoms with Crippen LogP contribution in [-0.2, 0) is 6.18 Å². The molecule has 0 radical (unpaired) electrons. The molecular formula is C48H31F3N8. The molecule has 0 unspecified atom stereocenters. The highest BCUT2D eigenvalue weighted by atomic mass is 19.4. The molecule has 0 fully saturated rings. The molecule has 284 valence electrons. The third-order valence-electron chi connectivity index (χ3n) is 10.2.